The highest BCUT2D eigenvalue weighted by Gasteiger charge is 2.17. The highest BCUT2D eigenvalue weighted by molar-refractivity contribution is 9.11. The number of carbonyl (C=O) groups is 1. The molecule has 1 aromatic heterocycles. The summed E-state index contributed by atoms with van der Waals surface area (Å²) in [5.74, 6) is 0.0175. The molecule has 0 bridgehead atoms. The van der Waals surface area contributed by atoms with Gasteiger partial charge in [0, 0.05) is 24.6 Å². The van der Waals surface area contributed by atoms with Crippen LogP contribution in [0.1, 0.15) is 23.2 Å². The molecule has 1 saturated heterocycles. The maximum Gasteiger partial charge on any atom is 0.252 e. The molecule has 0 atom stereocenters. The highest BCUT2D eigenvalue weighted by atomic mass is 79.9. The van der Waals surface area contributed by atoms with E-state index in [2.05, 4.69) is 21.2 Å². The maximum atomic E-state index is 11.8. The van der Waals surface area contributed by atoms with E-state index < -0.39 is 0 Å². The number of ether oxygens (including phenoxy) is 1. The Morgan fingerprint density at radius 3 is 2.87 bits per heavy atom. The lowest BCUT2D eigenvalue weighted by Crippen LogP contribution is -2.38. The van der Waals surface area contributed by atoms with Gasteiger partial charge in [-0.25, -0.2) is 0 Å². The van der Waals surface area contributed by atoms with Crippen LogP contribution in [0.3, 0.4) is 0 Å². The molecule has 0 spiro atoms. The third-order valence-corrected chi connectivity index (χ3v) is 3.89. The van der Waals surface area contributed by atoms with Crippen molar-refractivity contribution in [2.75, 3.05) is 13.2 Å². The number of amides is 1. The third-order valence-electron chi connectivity index (χ3n) is 2.39. The monoisotopic (exact) mass is 289 g/mol. The van der Waals surface area contributed by atoms with E-state index in [1.165, 1.54) is 11.3 Å². The molecule has 1 aromatic rings. The van der Waals surface area contributed by atoms with Crippen LogP contribution in [-0.4, -0.2) is 25.2 Å². The van der Waals surface area contributed by atoms with Gasteiger partial charge in [-0.2, -0.15) is 0 Å². The van der Waals surface area contributed by atoms with Crippen LogP contribution in [0, 0.1) is 0 Å². The summed E-state index contributed by atoms with van der Waals surface area (Å²) in [6, 6.07) is 2.12. The Morgan fingerprint density at radius 1 is 1.53 bits per heavy atom. The van der Waals surface area contributed by atoms with Crippen molar-refractivity contribution in [3.8, 4) is 0 Å². The van der Waals surface area contributed by atoms with E-state index in [4.69, 9.17) is 4.74 Å². The number of hydrogen-bond acceptors (Lipinski definition) is 3. The van der Waals surface area contributed by atoms with Gasteiger partial charge in [0.2, 0.25) is 0 Å². The van der Waals surface area contributed by atoms with Crippen molar-refractivity contribution in [3.05, 3.63) is 20.8 Å². The van der Waals surface area contributed by atoms with Gasteiger partial charge >= 0.3 is 0 Å². The first-order valence-electron chi connectivity index (χ1n) is 4.88. The summed E-state index contributed by atoms with van der Waals surface area (Å²) in [6.45, 7) is 1.50. The molecule has 3 nitrogen and oxygen atoms in total. The summed E-state index contributed by atoms with van der Waals surface area (Å²) in [6.07, 6.45) is 1.83. The molecule has 0 saturated carbocycles. The Kier molecular flexibility index (Phi) is 3.77. The Labute approximate surface area is 101 Å². The number of rotatable bonds is 2. The second-order valence-electron chi connectivity index (χ2n) is 3.50. The molecule has 1 N–H and O–H groups in total. The maximum absolute atomic E-state index is 11.8. The summed E-state index contributed by atoms with van der Waals surface area (Å²) in [7, 11) is 0. The van der Waals surface area contributed by atoms with Gasteiger partial charge in [-0.1, -0.05) is 0 Å². The summed E-state index contributed by atoms with van der Waals surface area (Å²) in [4.78, 5) is 11.8. The van der Waals surface area contributed by atoms with Gasteiger partial charge < -0.3 is 10.1 Å². The van der Waals surface area contributed by atoms with Crippen molar-refractivity contribution in [2.24, 2.45) is 0 Å². The molecule has 15 heavy (non-hydrogen) atoms. The van der Waals surface area contributed by atoms with Crippen molar-refractivity contribution < 1.29 is 9.53 Å². The number of nitrogens with one attached hydrogen (secondary N) is 1. The van der Waals surface area contributed by atoms with Crippen molar-refractivity contribution in [3.63, 3.8) is 0 Å². The van der Waals surface area contributed by atoms with Crippen LogP contribution < -0.4 is 5.32 Å². The smallest absolute Gasteiger partial charge is 0.252 e. The second-order valence-corrected chi connectivity index (χ2v) is 5.79. The topological polar surface area (TPSA) is 38.3 Å². The molecule has 0 aromatic carbocycles. The Bertz CT molecular complexity index is 347. The molecular formula is C10H12BrNO2S. The third kappa shape index (κ3) is 3.03. The van der Waals surface area contributed by atoms with Crippen LogP contribution in [-0.2, 0) is 4.74 Å². The summed E-state index contributed by atoms with van der Waals surface area (Å²) < 4.78 is 6.22. The van der Waals surface area contributed by atoms with Gasteiger partial charge in [0.1, 0.15) is 0 Å². The van der Waals surface area contributed by atoms with Crippen LogP contribution in [0.2, 0.25) is 0 Å². The first-order valence-corrected chi connectivity index (χ1v) is 6.55. The van der Waals surface area contributed by atoms with E-state index in [-0.39, 0.29) is 11.9 Å². The molecule has 5 heteroatoms. The molecule has 1 aliphatic rings. The van der Waals surface area contributed by atoms with Gasteiger partial charge in [-0.05, 0) is 34.8 Å². The standard InChI is InChI=1S/C10H12BrNO2S/c11-9-5-7(6-15-9)10(13)12-8-1-3-14-4-2-8/h5-6,8H,1-4H2,(H,12,13). The first kappa shape index (κ1) is 11.1. The summed E-state index contributed by atoms with van der Waals surface area (Å²) in [5.41, 5.74) is 0.735. The Balaban J connectivity index is 1.91. The van der Waals surface area contributed by atoms with E-state index in [0.717, 1.165) is 35.4 Å². The average molecular weight is 290 g/mol. The fourth-order valence-corrected chi connectivity index (χ4v) is 2.68. The first-order chi connectivity index (χ1) is 7.25. The minimum absolute atomic E-state index is 0.0175. The molecule has 82 valence electrons. The molecule has 0 radical (unpaired) electrons. The zero-order chi connectivity index (χ0) is 10.7. The van der Waals surface area contributed by atoms with Gasteiger partial charge in [-0.3, -0.25) is 4.79 Å². The minimum atomic E-state index is 0.0175. The lowest BCUT2D eigenvalue weighted by atomic mass is 10.1. The largest absolute Gasteiger partial charge is 0.381 e. The fraction of sp³-hybridized carbons (Fsp3) is 0.500. The van der Waals surface area contributed by atoms with Crippen molar-refractivity contribution in [2.45, 2.75) is 18.9 Å². The molecule has 2 rings (SSSR count). The van der Waals surface area contributed by atoms with E-state index in [0.29, 0.717) is 0 Å². The lowest BCUT2D eigenvalue weighted by molar-refractivity contribution is 0.0696. The van der Waals surface area contributed by atoms with Crippen molar-refractivity contribution >= 4 is 33.2 Å². The zero-order valence-corrected chi connectivity index (χ0v) is 10.6. The zero-order valence-electron chi connectivity index (χ0n) is 8.16. The molecular weight excluding hydrogens is 278 g/mol. The quantitative estimate of drug-likeness (QED) is 0.908. The SMILES string of the molecule is O=C(NC1CCOCC1)c1csc(Br)c1. The van der Waals surface area contributed by atoms with E-state index >= 15 is 0 Å². The summed E-state index contributed by atoms with van der Waals surface area (Å²) in [5, 5.41) is 4.88. The van der Waals surface area contributed by atoms with Crippen LogP contribution >= 0.6 is 27.3 Å². The minimum Gasteiger partial charge on any atom is -0.381 e. The molecule has 0 aliphatic carbocycles. The van der Waals surface area contributed by atoms with Crippen molar-refractivity contribution in [1.82, 2.24) is 5.32 Å². The van der Waals surface area contributed by atoms with Gasteiger partial charge in [-0.15, -0.1) is 11.3 Å². The van der Waals surface area contributed by atoms with E-state index in [1.54, 1.807) is 0 Å². The Hall–Kier alpha value is -0.390. The van der Waals surface area contributed by atoms with Crippen LogP contribution in [0.4, 0.5) is 0 Å². The normalized spacial score (nSPS) is 17.7. The number of hydrogen-bond donors (Lipinski definition) is 1. The molecule has 1 fully saturated rings. The molecule has 0 unspecified atom stereocenters. The number of thiophene rings is 1. The fourth-order valence-electron chi connectivity index (χ4n) is 1.54. The number of halogens is 1. The van der Waals surface area contributed by atoms with E-state index in [1.807, 2.05) is 11.4 Å². The average Bonchev–Trinajstić information content (AvgIpc) is 2.66. The van der Waals surface area contributed by atoms with Gasteiger partial charge in [0.05, 0.1) is 9.35 Å². The molecule has 2 heterocycles. The lowest BCUT2D eigenvalue weighted by Gasteiger charge is -2.22. The van der Waals surface area contributed by atoms with E-state index in [9.17, 15) is 4.79 Å². The molecule has 1 amide bonds. The highest BCUT2D eigenvalue weighted by Crippen LogP contribution is 2.20. The second kappa shape index (κ2) is 5.09. The summed E-state index contributed by atoms with van der Waals surface area (Å²) >= 11 is 4.87. The molecule has 1 aliphatic heterocycles. The van der Waals surface area contributed by atoms with Crippen LogP contribution in [0.15, 0.2) is 15.2 Å². The van der Waals surface area contributed by atoms with Crippen LogP contribution in [0.5, 0.6) is 0 Å². The van der Waals surface area contributed by atoms with Crippen molar-refractivity contribution in [1.29, 1.82) is 0 Å². The van der Waals surface area contributed by atoms with Crippen LogP contribution in [0.25, 0.3) is 0 Å². The Morgan fingerprint density at radius 2 is 2.27 bits per heavy atom. The predicted molar refractivity (Wildman–Crippen MR) is 63.3 cm³/mol. The number of carbonyl (C=O) groups excluding carboxylic acids is 1. The van der Waals surface area contributed by atoms with Gasteiger partial charge in [0.15, 0.2) is 0 Å². The predicted octanol–water partition coefficient (Wildman–Crippen LogP) is 2.42. The van der Waals surface area contributed by atoms with Gasteiger partial charge in [0.25, 0.3) is 5.91 Å².